The Morgan fingerprint density at radius 1 is 1.70 bits per heavy atom. The zero-order valence-electron chi connectivity index (χ0n) is 5.26. The highest BCUT2D eigenvalue weighted by atomic mass is 19.1. The molecule has 0 aromatic carbocycles. The van der Waals surface area contributed by atoms with Gasteiger partial charge in [-0.15, -0.1) is 0 Å². The topological polar surface area (TPSA) is 39.6 Å². The second-order valence-corrected chi connectivity index (χ2v) is 1.82. The maximum atomic E-state index is 12.3. The number of hydrogen-bond donors (Lipinski definition) is 2. The molecule has 10 heavy (non-hydrogen) atoms. The molecule has 52 valence electrons. The maximum absolute atomic E-state index is 12.3. The lowest BCUT2D eigenvalue weighted by atomic mass is 10.3. The third kappa shape index (κ3) is 1.55. The minimum Gasteiger partial charge on any atom is -0.367 e. The molecule has 0 spiro atoms. The van der Waals surface area contributed by atoms with E-state index in [0.717, 1.165) is 5.56 Å². The quantitative estimate of drug-likeness (QED) is 0.586. The van der Waals surface area contributed by atoms with Crippen molar-refractivity contribution >= 4 is 12.3 Å². The molecule has 0 bridgehead atoms. The minimum absolute atomic E-state index is 0.542. The largest absolute Gasteiger partial charge is 0.367 e. The van der Waals surface area contributed by atoms with Gasteiger partial charge in [0.1, 0.15) is 5.83 Å². The molecule has 0 fully saturated rings. The molecule has 0 aliphatic carbocycles. The number of hydrogen-bond acceptors (Lipinski definition) is 1. The van der Waals surface area contributed by atoms with Gasteiger partial charge in [-0.2, -0.15) is 0 Å². The minimum atomic E-state index is -0.542. The number of aromatic amines is 1. The monoisotopic (exact) mass is 138 g/mol. The summed E-state index contributed by atoms with van der Waals surface area (Å²) in [6, 6.07) is 1.73. The number of aromatic nitrogens is 1. The summed E-state index contributed by atoms with van der Waals surface area (Å²) in [4.78, 5) is 2.77. The van der Waals surface area contributed by atoms with Crippen LogP contribution in [-0.2, 0) is 0 Å². The molecule has 2 N–H and O–H groups in total. The first-order valence-corrected chi connectivity index (χ1v) is 2.83. The third-order valence-corrected chi connectivity index (χ3v) is 1.06. The first-order valence-electron chi connectivity index (χ1n) is 2.83. The first-order chi connectivity index (χ1) is 4.83. The Kier molecular flexibility index (Phi) is 1.99. The van der Waals surface area contributed by atoms with Crippen molar-refractivity contribution < 1.29 is 4.39 Å². The van der Waals surface area contributed by atoms with Gasteiger partial charge in [0.25, 0.3) is 0 Å². The van der Waals surface area contributed by atoms with E-state index in [1.165, 1.54) is 6.08 Å². The van der Waals surface area contributed by atoms with Gasteiger partial charge in [-0.05, 0) is 17.7 Å². The Balaban J connectivity index is 2.80. The van der Waals surface area contributed by atoms with Crippen molar-refractivity contribution in [3.05, 3.63) is 29.9 Å². The van der Waals surface area contributed by atoms with E-state index in [2.05, 4.69) is 4.98 Å². The van der Waals surface area contributed by atoms with Gasteiger partial charge in [0.05, 0.1) is 6.21 Å². The van der Waals surface area contributed by atoms with Gasteiger partial charge in [0.2, 0.25) is 0 Å². The average molecular weight is 138 g/mol. The fourth-order valence-electron chi connectivity index (χ4n) is 0.627. The molecule has 0 radical (unpaired) electrons. The lowest BCUT2D eigenvalue weighted by molar-refractivity contribution is 0.692. The molecule has 0 unspecified atom stereocenters. The van der Waals surface area contributed by atoms with Gasteiger partial charge in [-0.3, -0.25) is 0 Å². The van der Waals surface area contributed by atoms with E-state index in [-0.39, 0.29) is 0 Å². The van der Waals surface area contributed by atoms with Crippen LogP contribution in [0.15, 0.2) is 24.3 Å². The van der Waals surface area contributed by atoms with Crippen LogP contribution in [0, 0.1) is 5.41 Å². The molecule has 0 atom stereocenters. The van der Waals surface area contributed by atoms with Crippen molar-refractivity contribution in [2.75, 3.05) is 0 Å². The number of halogens is 1. The van der Waals surface area contributed by atoms with E-state index in [0.29, 0.717) is 6.21 Å². The van der Waals surface area contributed by atoms with Gasteiger partial charge in [0, 0.05) is 12.4 Å². The van der Waals surface area contributed by atoms with Crippen LogP contribution in [0.25, 0.3) is 6.08 Å². The summed E-state index contributed by atoms with van der Waals surface area (Å²) >= 11 is 0. The molecular weight excluding hydrogens is 131 g/mol. The van der Waals surface area contributed by atoms with Gasteiger partial charge in [-0.25, -0.2) is 4.39 Å². The molecule has 1 aromatic heterocycles. The molecule has 1 heterocycles. The van der Waals surface area contributed by atoms with Crippen molar-refractivity contribution in [1.29, 1.82) is 5.41 Å². The van der Waals surface area contributed by atoms with Gasteiger partial charge < -0.3 is 10.4 Å². The molecule has 0 aliphatic rings. The third-order valence-electron chi connectivity index (χ3n) is 1.06. The highest BCUT2D eigenvalue weighted by molar-refractivity contribution is 5.80. The van der Waals surface area contributed by atoms with E-state index in [1.54, 1.807) is 18.5 Å². The van der Waals surface area contributed by atoms with E-state index in [1.807, 2.05) is 0 Å². The van der Waals surface area contributed by atoms with Crippen LogP contribution in [0.1, 0.15) is 5.56 Å². The maximum Gasteiger partial charge on any atom is 0.141 e. The Hall–Kier alpha value is -1.38. The van der Waals surface area contributed by atoms with Crippen LogP contribution in [-0.4, -0.2) is 11.2 Å². The summed E-state index contributed by atoms with van der Waals surface area (Å²) in [5.74, 6) is -0.542. The van der Waals surface area contributed by atoms with E-state index >= 15 is 0 Å². The first kappa shape index (κ1) is 6.74. The second kappa shape index (κ2) is 2.96. The van der Waals surface area contributed by atoms with Crippen molar-refractivity contribution in [2.24, 2.45) is 0 Å². The zero-order chi connectivity index (χ0) is 7.40. The molecule has 0 amide bonds. The fraction of sp³-hybridized carbons (Fsp3) is 0. The molecule has 1 rings (SSSR count). The van der Waals surface area contributed by atoms with E-state index < -0.39 is 5.83 Å². The summed E-state index contributed by atoms with van der Waals surface area (Å²) in [5.41, 5.74) is 0.737. The average Bonchev–Trinajstić information content (AvgIpc) is 2.40. The van der Waals surface area contributed by atoms with Crippen LogP contribution in [0.5, 0.6) is 0 Å². The highest BCUT2D eigenvalue weighted by Crippen LogP contribution is 2.03. The molecule has 0 saturated carbocycles. The summed E-state index contributed by atoms with van der Waals surface area (Å²) in [6.45, 7) is 0. The Morgan fingerprint density at radius 2 is 2.50 bits per heavy atom. The number of allylic oxidation sites excluding steroid dienone is 1. The summed E-state index contributed by atoms with van der Waals surface area (Å²) in [6.07, 6.45) is 5.31. The SMILES string of the molecule is N=C/C(F)=C\c1cc[nH]c1. The molecule has 3 heteroatoms. The normalized spacial score (nSPS) is 11.5. The lowest BCUT2D eigenvalue weighted by Gasteiger charge is -1.81. The smallest absolute Gasteiger partial charge is 0.141 e. The Morgan fingerprint density at radius 3 is 3.00 bits per heavy atom. The lowest BCUT2D eigenvalue weighted by Crippen LogP contribution is -1.70. The van der Waals surface area contributed by atoms with Crippen molar-refractivity contribution in [3.63, 3.8) is 0 Å². The van der Waals surface area contributed by atoms with Gasteiger partial charge in [0.15, 0.2) is 0 Å². The second-order valence-electron chi connectivity index (χ2n) is 1.82. The zero-order valence-corrected chi connectivity index (χ0v) is 5.26. The van der Waals surface area contributed by atoms with Crippen molar-refractivity contribution in [3.8, 4) is 0 Å². The summed E-state index contributed by atoms with van der Waals surface area (Å²) < 4.78 is 12.3. The van der Waals surface area contributed by atoms with Crippen molar-refractivity contribution in [2.45, 2.75) is 0 Å². The summed E-state index contributed by atoms with van der Waals surface area (Å²) in [5, 5.41) is 6.53. The Labute approximate surface area is 57.9 Å². The molecular formula is C7H7FN2. The number of H-pyrrole nitrogens is 1. The highest BCUT2D eigenvalue weighted by Gasteiger charge is 1.89. The van der Waals surface area contributed by atoms with Crippen LogP contribution >= 0.6 is 0 Å². The molecule has 1 aromatic rings. The van der Waals surface area contributed by atoms with Crippen LogP contribution < -0.4 is 0 Å². The van der Waals surface area contributed by atoms with Gasteiger partial charge in [-0.1, -0.05) is 0 Å². The van der Waals surface area contributed by atoms with Crippen molar-refractivity contribution in [1.82, 2.24) is 4.98 Å². The molecule has 2 nitrogen and oxygen atoms in total. The van der Waals surface area contributed by atoms with Crippen LogP contribution in [0.2, 0.25) is 0 Å². The molecule has 0 aliphatic heterocycles. The van der Waals surface area contributed by atoms with E-state index in [4.69, 9.17) is 5.41 Å². The fourth-order valence-corrected chi connectivity index (χ4v) is 0.627. The molecule has 0 saturated heterocycles. The van der Waals surface area contributed by atoms with Crippen LogP contribution in [0.3, 0.4) is 0 Å². The van der Waals surface area contributed by atoms with E-state index in [9.17, 15) is 4.39 Å². The standard InChI is InChI=1S/C7H7FN2/c8-7(4-9)3-6-1-2-10-5-6/h1-5,9-10H/b7-3+,9-4?. The van der Waals surface area contributed by atoms with Crippen LogP contribution in [0.4, 0.5) is 4.39 Å². The number of rotatable bonds is 2. The Bertz CT molecular complexity index is 236. The predicted octanol–water partition coefficient (Wildman–Crippen LogP) is 1.97. The number of nitrogens with one attached hydrogen (secondary N) is 2. The predicted molar refractivity (Wildman–Crippen MR) is 38.7 cm³/mol. The van der Waals surface area contributed by atoms with Gasteiger partial charge >= 0.3 is 0 Å². The summed E-state index contributed by atoms with van der Waals surface area (Å²) in [7, 11) is 0.